The third-order valence-electron chi connectivity index (χ3n) is 3.91. The number of thioether (sulfide) groups is 1. The summed E-state index contributed by atoms with van der Waals surface area (Å²) in [5, 5.41) is 23.3. The third-order valence-corrected chi connectivity index (χ3v) is 4.55. The highest BCUT2D eigenvalue weighted by molar-refractivity contribution is 7.98. The number of hydrogen-bond donors (Lipinski definition) is 4. The molecule has 0 aromatic carbocycles. The van der Waals surface area contributed by atoms with Gasteiger partial charge in [-0.05, 0) is 31.8 Å². The highest BCUT2D eigenvalue weighted by atomic mass is 32.2. The van der Waals surface area contributed by atoms with E-state index in [1.807, 2.05) is 6.26 Å². The van der Waals surface area contributed by atoms with Crippen molar-refractivity contribution in [1.82, 2.24) is 15.5 Å². The first-order chi connectivity index (χ1) is 11.4. The molecule has 4 N–H and O–H groups in total. The van der Waals surface area contributed by atoms with Crippen LogP contribution in [0.15, 0.2) is 0 Å². The Hall–Kier alpha value is -1.81. The van der Waals surface area contributed by atoms with Gasteiger partial charge in [0.15, 0.2) is 6.04 Å². The summed E-state index contributed by atoms with van der Waals surface area (Å²) >= 11 is 1.52. The standard InChI is InChI=1S/C14H23N3O6S/c1-8-5-10(13(21)17(8)11(6-18)14(22)23)16-12(20)9(15-7-19)3-4-24-2/h7-11,18H,3-6H2,1-2H3,(H,15,19)(H,16,20)(H,22,23). The first-order valence-corrected chi connectivity index (χ1v) is 8.91. The molecule has 0 aromatic rings. The smallest absolute Gasteiger partial charge is 0.328 e. The van der Waals surface area contributed by atoms with Gasteiger partial charge in [0.05, 0.1) is 6.61 Å². The van der Waals surface area contributed by atoms with E-state index in [9.17, 15) is 24.3 Å². The molecular weight excluding hydrogens is 338 g/mol. The van der Waals surface area contributed by atoms with Gasteiger partial charge in [0.25, 0.3) is 0 Å². The van der Waals surface area contributed by atoms with Crippen molar-refractivity contribution in [3.8, 4) is 0 Å². The zero-order chi connectivity index (χ0) is 18.3. The molecule has 4 atom stereocenters. The zero-order valence-electron chi connectivity index (χ0n) is 13.6. The molecule has 0 bridgehead atoms. The van der Waals surface area contributed by atoms with Gasteiger partial charge in [-0.1, -0.05) is 0 Å². The normalized spacial score (nSPS) is 22.8. The molecule has 1 heterocycles. The minimum absolute atomic E-state index is 0.241. The molecule has 0 spiro atoms. The van der Waals surface area contributed by atoms with E-state index in [1.165, 1.54) is 11.8 Å². The number of aliphatic carboxylic acids is 1. The maximum absolute atomic E-state index is 12.4. The van der Waals surface area contributed by atoms with Crippen LogP contribution in [-0.2, 0) is 19.2 Å². The number of aliphatic hydroxyl groups excluding tert-OH is 1. The number of carboxylic acid groups (broad SMARTS) is 1. The Balaban J connectivity index is 2.77. The van der Waals surface area contributed by atoms with E-state index in [2.05, 4.69) is 10.6 Å². The molecule has 0 radical (unpaired) electrons. The number of carbonyl (C=O) groups excluding carboxylic acids is 3. The van der Waals surface area contributed by atoms with Gasteiger partial charge in [0, 0.05) is 6.04 Å². The maximum atomic E-state index is 12.4. The molecule has 1 fully saturated rings. The third kappa shape index (κ3) is 4.84. The molecular formula is C14H23N3O6S. The highest BCUT2D eigenvalue weighted by Gasteiger charge is 2.44. The van der Waals surface area contributed by atoms with Crippen LogP contribution in [0.25, 0.3) is 0 Å². The Morgan fingerprint density at radius 2 is 2.17 bits per heavy atom. The molecule has 0 aromatic heterocycles. The molecule has 0 saturated carbocycles. The van der Waals surface area contributed by atoms with Gasteiger partial charge in [-0.25, -0.2) is 4.79 Å². The SMILES string of the molecule is CSCCC(NC=O)C(=O)NC1CC(C)N(C(CO)C(=O)O)C1=O. The number of hydrogen-bond acceptors (Lipinski definition) is 6. The summed E-state index contributed by atoms with van der Waals surface area (Å²) in [5.74, 6) is -1.68. The van der Waals surface area contributed by atoms with E-state index < -0.39 is 48.6 Å². The number of likely N-dealkylation sites (tertiary alicyclic amines) is 1. The first-order valence-electron chi connectivity index (χ1n) is 7.52. The second-order valence-corrected chi connectivity index (χ2v) is 6.53. The van der Waals surface area contributed by atoms with Crippen LogP contribution in [0.4, 0.5) is 0 Å². The Morgan fingerprint density at radius 3 is 2.67 bits per heavy atom. The lowest BCUT2D eigenvalue weighted by Crippen LogP contribution is -2.52. The van der Waals surface area contributed by atoms with E-state index in [4.69, 9.17) is 5.11 Å². The number of carboxylic acids is 1. The molecule has 136 valence electrons. The summed E-state index contributed by atoms with van der Waals surface area (Å²) in [4.78, 5) is 47.5. The summed E-state index contributed by atoms with van der Waals surface area (Å²) in [7, 11) is 0. The molecule has 4 unspecified atom stereocenters. The number of nitrogens with zero attached hydrogens (tertiary/aromatic N) is 1. The van der Waals surface area contributed by atoms with Gasteiger partial charge in [0.2, 0.25) is 18.2 Å². The minimum Gasteiger partial charge on any atom is -0.480 e. The molecule has 9 nitrogen and oxygen atoms in total. The number of carbonyl (C=O) groups is 4. The van der Waals surface area contributed by atoms with Crippen molar-refractivity contribution in [2.75, 3.05) is 18.6 Å². The van der Waals surface area contributed by atoms with Crippen molar-refractivity contribution in [1.29, 1.82) is 0 Å². The predicted octanol–water partition coefficient (Wildman–Crippen LogP) is -1.59. The van der Waals surface area contributed by atoms with Crippen LogP contribution in [-0.4, -0.2) is 82.1 Å². The van der Waals surface area contributed by atoms with E-state index in [0.717, 1.165) is 4.90 Å². The molecule has 1 rings (SSSR count). The average Bonchev–Trinajstić information content (AvgIpc) is 2.79. The predicted molar refractivity (Wildman–Crippen MR) is 87.4 cm³/mol. The van der Waals surface area contributed by atoms with Crippen molar-refractivity contribution in [2.45, 2.75) is 43.9 Å². The quantitative estimate of drug-likeness (QED) is 0.344. The summed E-state index contributed by atoms with van der Waals surface area (Å²) in [6.07, 6.45) is 2.96. The van der Waals surface area contributed by atoms with Crippen LogP contribution in [0.3, 0.4) is 0 Å². The van der Waals surface area contributed by atoms with Crippen molar-refractivity contribution in [3.05, 3.63) is 0 Å². The van der Waals surface area contributed by atoms with E-state index in [0.29, 0.717) is 18.6 Å². The number of nitrogens with one attached hydrogen (secondary N) is 2. The molecule has 1 aliphatic rings. The Labute approximate surface area is 144 Å². The lowest BCUT2D eigenvalue weighted by atomic mass is 10.1. The zero-order valence-corrected chi connectivity index (χ0v) is 14.4. The van der Waals surface area contributed by atoms with Crippen molar-refractivity contribution in [2.24, 2.45) is 0 Å². The van der Waals surface area contributed by atoms with Crippen LogP contribution >= 0.6 is 11.8 Å². The topological polar surface area (TPSA) is 136 Å². The number of aliphatic hydroxyl groups is 1. The maximum Gasteiger partial charge on any atom is 0.328 e. The van der Waals surface area contributed by atoms with Crippen molar-refractivity contribution >= 4 is 36.0 Å². The van der Waals surface area contributed by atoms with Gasteiger partial charge in [-0.3, -0.25) is 14.4 Å². The van der Waals surface area contributed by atoms with Gasteiger partial charge in [-0.2, -0.15) is 11.8 Å². The van der Waals surface area contributed by atoms with Crippen LogP contribution in [0.1, 0.15) is 19.8 Å². The van der Waals surface area contributed by atoms with Crippen LogP contribution in [0, 0.1) is 0 Å². The van der Waals surface area contributed by atoms with Gasteiger partial charge in [-0.15, -0.1) is 0 Å². The first kappa shape index (κ1) is 20.2. The number of rotatable bonds is 10. The highest BCUT2D eigenvalue weighted by Crippen LogP contribution is 2.22. The van der Waals surface area contributed by atoms with Crippen LogP contribution in [0.2, 0.25) is 0 Å². The molecule has 0 aliphatic carbocycles. The van der Waals surface area contributed by atoms with Crippen molar-refractivity contribution in [3.63, 3.8) is 0 Å². The van der Waals surface area contributed by atoms with Gasteiger partial charge < -0.3 is 25.7 Å². The van der Waals surface area contributed by atoms with Crippen LogP contribution < -0.4 is 10.6 Å². The lowest BCUT2D eigenvalue weighted by molar-refractivity contribution is -0.151. The fourth-order valence-electron chi connectivity index (χ4n) is 2.70. The monoisotopic (exact) mass is 361 g/mol. The van der Waals surface area contributed by atoms with E-state index in [-0.39, 0.29) is 6.42 Å². The molecule has 3 amide bonds. The Bertz CT molecular complexity index is 489. The average molecular weight is 361 g/mol. The summed E-state index contributed by atoms with van der Waals surface area (Å²) in [5.41, 5.74) is 0. The lowest BCUT2D eigenvalue weighted by Gasteiger charge is -2.27. The summed E-state index contributed by atoms with van der Waals surface area (Å²) in [6.45, 7) is 0.958. The van der Waals surface area contributed by atoms with E-state index in [1.54, 1.807) is 6.92 Å². The largest absolute Gasteiger partial charge is 0.480 e. The fraction of sp³-hybridized carbons (Fsp3) is 0.714. The van der Waals surface area contributed by atoms with Crippen LogP contribution in [0.5, 0.6) is 0 Å². The van der Waals surface area contributed by atoms with Gasteiger partial charge >= 0.3 is 5.97 Å². The molecule has 1 saturated heterocycles. The number of amides is 3. The van der Waals surface area contributed by atoms with Crippen molar-refractivity contribution < 1.29 is 29.4 Å². The second-order valence-electron chi connectivity index (χ2n) is 5.55. The molecule has 1 aliphatic heterocycles. The Morgan fingerprint density at radius 1 is 1.50 bits per heavy atom. The molecule has 24 heavy (non-hydrogen) atoms. The minimum atomic E-state index is -1.34. The Kier molecular flexibility index (Phi) is 7.99. The fourth-order valence-corrected chi connectivity index (χ4v) is 3.17. The second kappa shape index (κ2) is 9.48. The summed E-state index contributed by atoms with van der Waals surface area (Å²) < 4.78 is 0. The van der Waals surface area contributed by atoms with E-state index >= 15 is 0 Å². The summed E-state index contributed by atoms with van der Waals surface area (Å²) in [6, 6.07) is -3.39. The van der Waals surface area contributed by atoms with Gasteiger partial charge in [0.1, 0.15) is 12.1 Å². The molecule has 10 heteroatoms.